The average Bonchev–Trinajstić information content (AvgIpc) is 1.82. The summed E-state index contributed by atoms with van der Waals surface area (Å²) in [5.41, 5.74) is 5.22. The molecule has 1 aromatic carbocycles. The lowest BCUT2D eigenvalue weighted by Crippen LogP contribution is -2.12. The van der Waals surface area contributed by atoms with Crippen LogP contribution in [0.2, 0.25) is 0 Å². The molecule has 0 saturated heterocycles. The molecule has 0 heterocycles. The largest absolute Gasteiger partial charge is 0.399 e. The van der Waals surface area contributed by atoms with E-state index in [2.05, 4.69) is 0 Å². The smallest absolute Gasteiger partial charge is 0.238 e. The molecule has 4 N–H and O–H groups in total. The monoisotopic (exact) mass is 190 g/mol. The number of primary sulfonamides is 1. The van der Waals surface area contributed by atoms with Crippen LogP contribution in [0.4, 0.5) is 10.1 Å². The fraction of sp³-hybridized carbons (Fsp3) is 0. The molecule has 1 aromatic rings. The number of sulfonamides is 1. The zero-order chi connectivity index (χ0) is 9.35. The SMILES string of the molecule is Nc1cc(F)cc(S(N)(=O)=O)c1. The molecule has 0 fully saturated rings. The molecule has 6 heteroatoms. The summed E-state index contributed by atoms with van der Waals surface area (Å²) >= 11 is 0. The van der Waals surface area contributed by atoms with E-state index in [0.717, 1.165) is 18.2 Å². The lowest BCUT2D eigenvalue weighted by molar-refractivity contribution is 0.592. The molecule has 0 aliphatic heterocycles. The maximum absolute atomic E-state index is 12.6. The van der Waals surface area contributed by atoms with Crippen molar-refractivity contribution in [2.24, 2.45) is 5.14 Å². The van der Waals surface area contributed by atoms with Crippen LogP contribution in [-0.2, 0) is 10.0 Å². The second-order valence-corrected chi connectivity index (χ2v) is 3.83. The van der Waals surface area contributed by atoms with Gasteiger partial charge in [0.25, 0.3) is 0 Å². The summed E-state index contributed by atoms with van der Waals surface area (Å²) in [6, 6.07) is 2.92. The molecule has 1 rings (SSSR count). The molecule has 0 aliphatic carbocycles. The number of nitrogen functional groups attached to an aromatic ring is 1. The van der Waals surface area contributed by atoms with Crippen LogP contribution in [0.5, 0.6) is 0 Å². The quantitative estimate of drug-likeness (QED) is 0.614. The van der Waals surface area contributed by atoms with Gasteiger partial charge in [-0.25, -0.2) is 17.9 Å². The minimum absolute atomic E-state index is 0.0269. The van der Waals surface area contributed by atoms with E-state index >= 15 is 0 Å². The highest BCUT2D eigenvalue weighted by molar-refractivity contribution is 7.89. The van der Waals surface area contributed by atoms with Gasteiger partial charge in [-0.05, 0) is 18.2 Å². The third-order valence-corrected chi connectivity index (χ3v) is 2.11. The van der Waals surface area contributed by atoms with Crippen molar-refractivity contribution in [3.8, 4) is 0 Å². The maximum Gasteiger partial charge on any atom is 0.238 e. The van der Waals surface area contributed by atoms with Crippen LogP contribution in [0.25, 0.3) is 0 Å². The van der Waals surface area contributed by atoms with Crippen LogP contribution in [0.1, 0.15) is 0 Å². The van der Waals surface area contributed by atoms with Gasteiger partial charge in [0.2, 0.25) is 10.0 Å². The number of anilines is 1. The first-order valence-corrected chi connectivity index (χ1v) is 4.53. The molecule has 66 valence electrons. The molecule has 0 bridgehead atoms. The lowest BCUT2D eigenvalue weighted by atomic mass is 10.3. The first-order chi connectivity index (χ1) is 5.39. The number of nitrogens with two attached hydrogens (primary N) is 2. The van der Waals surface area contributed by atoms with Crippen LogP contribution >= 0.6 is 0 Å². The summed E-state index contributed by atoms with van der Waals surface area (Å²) in [6.07, 6.45) is 0. The highest BCUT2D eigenvalue weighted by atomic mass is 32.2. The number of benzene rings is 1. The molecule has 0 saturated carbocycles. The highest BCUT2D eigenvalue weighted by Gasteiger charge is 2.09. The Kier molecular flexibility index (Phi) is 2.03. The van der Waals surface area contributed by atoms with E-state index in [4.69, 9.17) is 10.9 Å². The van der Waals surface area contributed by atoms with E-state index < -0.39 is 15.8 Å². The zero-order valence-electron chi connectivity index (χ0n) is 5.99. The van der Waals surface area contributed by atoms with Crippen molar-refractivity contribution in [2.75, 3.05) is 5.73 Å². The van der Waals surface area contributed by atoms with Gasteiger partial charge in [0, 0.05) is 5.69 Å². The maximum atomic E-state index is 12.6. The Hall–Kier alpha value is -1.14. The van der Waals surface area contributed by atoms with Gasteiger partial charge in [-0.2, -0.15) is 0 Å². The molecule has 12 heavy (non-hydrogen) atoms. The van der Waals surface area contributed by atoms with Gasteiger partial charge in [0.15, 0.2) is 0 Å². The van der Waals surface area contributed by atoms with E-state index in [1.165, 1.54) is 0 Å². The summed E-state index contributed by atoms with van der Waals surface area (Å²) < 4.78 is 33.9. The molecule has 0 aromatic heterocycles. The van der Waals surface area contributed by atoms with E-state index in [1.54, 1.807) is 0 Å². The van der Waals surface area contributed by atoms with Crippen molar-refractivity contribution >= 4 is 15.7 Å². The number of hydrogen-bond acceptors (Lipinski definition) is 3. The summed E-state index contributed by atoms with van der Waals surface area (Å²) in [4.78, 5) is -0.319. The van der Waals surface area contributed by atoms with E-state index in [9.17, 15) is 12.8 Å². The Morgan fingerprint density at radius 1 is 1.25 bits per heavy atom. The molecular weight excluding hydrogens is 183 g/mol. The minimum atomic E-state index is -3.87. The van der Waals surface area contributed by atoms with Crippen LogP contribution in [0.15, 0.2) is 23.1 Å². The van der Waals surface area contributed by atoms with Gasteiger partial charge < -0.3 is 5.73 Å². The first kappa shape index (κ1) is 8.95. The fourth-order valence-electron chi connectivity index (χ4n) is 0.749. The van der Waals surface area contributed by atoms with Crippen molar-refractivity contribution < 1.29 is 12.8 Å². The van der Waals surface area contributed by atoms with Gasteiger partial charge in [0.05, 0.1) is 4.90 Å². The highest BCUT2D eigenvalue weighted by Crippen LogP contribution is 2.13. The first-order valence-electron chi connectivity index (χ1n) is 2.98. The Morgan fingerprint density at radius 2 is 1.83 bits per heavy atom. The van der Waals surface area contributed by atoms with Crippen molar-refractivity contribution in [3.63, 3.8) is 0 Å². The van der Waals surface area contributed by atoms with Crippen LogP contribution in [0, 0.1) is 5.82 Å². The summed E-state index contributed by atoms with van der Waals surface area (Å²) in [6.45, 7) is 0. The summed E-state index contributed by atoms with van der Waals surface area (Å²) in [5, 5.41) is 4.74. The molecule has 0 atom stereocenters. The van der Waals surface area contributed by atoms with Gasteiger partial charge in [-0.3, -0.25) is 0 Å². The van der Waals surface area contributed by atoms with E-state index in [-0.39, 0.29) is 10.6 Å². The second kappa shape index (κ2) is 2.72. The van der Waals surface area contributed by atoms with E-state index in [1.807, 2.05) is 0 Å². The molecular formula is C6H7FN2O2S. The van der Waals surface area contributed by atoms with Gasteiger partial charge in [-0.15, -0.1) is 0 Å². The molecule has 0 amide bonds. The van der Waals surface area contributed by atoms with Gasteiger partial charge in [-0.1, -0.05) is 0 Å². The van der Waals surface area contributed by atoms with Crippen LogP contribution < -0.4 is 10.9 Å². The lowest BCUT2D eigenvalue weighted by Gasteiger charge is -1.99. The third-order valence-electron chi connectivity index (χ3n) is 1.22. The molecule has 0 aliphatic rings. The fourth-order valence-corrected chi connectivity index (χ4v) is 1.33. The standard InChI is InChI=1S/C6H7FN2O2S/c7-4-1-5(8)3-6(2-4)12(9,10)11/h1-3H,8H2,(H2,9,10,11). The second-order valence-electron chi connectivity index (χ2n) is 2.27. The predicted octanol–water partition coefficient (Wildman–Crippen LogP) is 0.0553. The van der Waals surface area contributed by atoms with Gasteiger partial charge in [0.1, 0.15) is 5.82 Å². The van der Waals surface area contributed by atoms with E-state index in [0.29, 0.717) is 0 Å². The predicted molar refractivity (Wildman–Crippen MR) is 42.2 cm³/mol. The number of rotatable bonds is 1. The van der Waals surface area contributed by atoms with Crippen molar-refractivity contribution in [1.82, 2.24) is 0 Å². The topological polar surface area (TPSA) is 86.2 Å². The Morgan fingerprint density at radius 3 is 2.25 bits per heavy atom. The normalized spacial score (nSPS) is 11.5. The van der Waals surface area contributed by atoms with Crippen molar-refractivity contribution in [2.45, 2.75) is 4.90 Å². The Bertz CT molecular complexity index is 382. The molecule has 0 spiro atoms. The number of hydrogen-bond donors (Lipinski definition) is 2. The van der Waals surface area contributed by atoms with Crippen LogP contribution in [0.3, 0.4) is 0 Å². The summed E-state index contributed by atoms with van der Waals surface area (Å²) in [5.74, 6) is -0.723. The average molecular weight is 190 g/mol. The zero-order valence-corrected chi connectivity index (χ0v) is 6.81. The molecule has 0 unspecified atom stereocenters. The number of halogens is 1. The molecule has 4 nitrogen and oxygen atoms in total. The summed E-state index contributed by atoms with van der Waals surface area (Å²) in [7, 11) is -3.87. The Labute approximate surface area is 69.0 Å². The van der Waals surface area contributed by atoms with Crippen molar-refractivity contribution in [1.29, 1.82) is 0 Å². The minimum Gasteiger partial charge on any atom is -0.399 e. The molecule has 0 radical (unpaired) electrons. The Balaban J connectivity index is 3.37. The van der Waals surface area contributed by atoms with Gasteiger partial charge >= 0.3 is 0 Å². The van der Waals surface area contributed by atoms with Crippen LogP contribution in [-0.4, -0.2) is 8.42 Å². The van der Waals surface area contributed by atoms with Crippen molar-refractivity contribution in [3.05, 3.63) is 24.0 Å². The third kappa shape index (κ3) is 1.93.